The molecule has 1 fully saturated rings. The molecule has 1 aliphatic rings. The highest BCUT2D eigenvalue weighted by Crippen LogP contribution is 2.17. The largest absolute Gasteiger partial charge is 0.328 e. The minimum atomic E-state index is 0.414. The third kappa shape index (κ3) is 3.11. The van der Waals surface area contributed by atoms with E-state index in [9.17, 15) is 0 Å². The van der Waals surface area contributed by atoms with Crippen molar-refractivity contribution in [3.05, 3.63) is 42.1 Å². The molecule has 0 bridgehead atoms. The first kappa shape index (κ1) is 12.6. The fourth-order valence-corrected chi connectivity index (χ4v) is 2.78. The van der Waals surface area contributed by atoms with Gasteiger partial charge in [-0.05, 0) is 37.8 Å². The molecular formula is C16H21N3. The van der Waals surface area contributed by atoms with E-state index in [1.165, 1.54) is 18.2 Å². The van der Waals surface area contributed by atoms with E-state index in [1.54, 1.807) is 0 Å². The Morgan fingerprint density at radius 2 is 1.84 bits per heavy atom. The molecule has 1 aliphatic carbocycles. The summed E-state index contributed by atoms with van der Waals surface area (Å²) >= 11 is 0. The molecule has 0 aliphatic heterocycles. The fourth-order valence-electron chi connectivity index (χ4n) is 2.78. The summed E-state index contributed by atoms with van der Waals surface area (Å²) in [5.74, 6) is 0. The van der Waals surface area contributed by atoms with E-state index in [2.05, 4.69) is 34.6 Å². The average Bonchev–Trinajstić information content (AvgIpc) is 2.46. The van der Waals surface area contributed by atoms with Gasteiger partial charge in [0, 0.05) is 24.0 Å². The van der Waals surface area contributed by atoms with Gasteiger partial charge >= 0.3 is 0 Å². The second-order valence-corrected chi connectivity index (χ2v) is 5.49. The van der Waals surface area contributed by atoms with Crippen LogP contribution >= 0.6 is 0 Å². The van der Waals surface area contributed by atoms with E-state index < -0.39 is 0 Å². The number of para-hydroxylation sites is 1. The molecule has 3 heteroatoms. The van der Waals surface area contributed by atoms with Gasteiger partial charge in [-0.1, -0.05) is 24.3 Å². The molecule has 1 aromatic carbocycles. The van der Waals surface area contributed by atoms with Gasteiger partial charge < -0.3 is 11.1 Å². The zero-order valence-electron chi connectivity index (χ0n) is 11.2. The Labute approximate surface area is 114 Å². The highest BCUT2D eigenvalue weighted by atomic mass is 14.9. The van der Waals surface area contributed by atoms with Gasteiger partial charge in [-0.2, -0.15) is 0 Å². The monoisotopic (exact) mass is 255 g/mol. The van der Waals surface area contributed by atoms with Gasteiger partial charge in [-0.15, -0.1) is 0 Å². The Morgan fingerprint density at radius 3 is 2.68 bits per heavy atom. The molecule has 0 atom stereocenters. The van der Waals surface area contributed by atoms with Gasteiger partial charge in [-0.25, -0.2) is 0 Å². The normalized spacial score (nSPS) is 23.6. The molecule has 3 nitrogen and oxygen atoms in total. The molecule has 100 valence electrons. The quantitative estimate of drug-likeness (QED) is 0.886. The standard InChI is InChI=1S/C16H21N3/c17-13-6-9-14(10-7-13)18-11-15-8-5-12-3-1-2-4-16(12)19-15/h1-5,8,13-14,18H,6-7,9-11,17H2. The Balaban J connectivity index is 1.62. The number of hydrogen-bond donors (Lipinski definition) is 2. The number of nitrogens with two attached hydrogens (primary N) is 1. The summed E-state index contributed by atoms with van der Waals surface area (Å²) in [6, 6.07) is 13.5. The number of nitrogens with zero attached hydrogens (tertiary/aromatic N) is 1. The summed E-state index contributed by atoms with van der Waals surface area (Å²) < 4.78 is 0. The molecular weight excluding hydrogens is 234 g/mol. The molecule has 0 spiro atoms. The lowest BCUT2D eigenvalue weighted by Gasteiger charge is -2.26. The van der Waals surface area contributed by atoms with E-state index in [4.69, 9.17) is 5.73 Å². The van der Waals surface area contributed by atoms with Gasteiger partial charge in [0.05, 0.1) is 11.2 Å². The van der Waals surface area contributed by atoms with Crippen LogP contribution in [0.5, 0.6) is 0 Å². The van der Waals surface area contributed by atoms with Crippen LogP contribution in [0.25, 0.3) is 10.9 Å². The molecule has 19 heavy (non-hydrogen) atoms. The lowest BCUT2D eigenvalue weighted by atomic mass is 9.92. The fraction of sp³-hybridized carbons (Fsp3) is 0.438. The first-order valence-electron chi connectivity index (χ1n) is 7.15. The molecule has 1 aromatic heterocycles. The molecule has 0 unspecified atom stereocenters. The van der Waals surface area contributed by atoms with Gasteiger partial charge in [0.1, 0.15) is 0 Å². The smallest absolute Gasteiger partial charge is 0.0705 e. The number of hydrogen-bond acceptors (Lipinski definition) is 3. The van der Waals surface area contributed by atoms with Crippen LogP contribution < -0.4 is 11.1 Å². The van der Waals surface area contributed by atoms with Gasteiger partial charge in [0.25, 0.3) is 0 Å². The zero-order valence-corrected chi connectivity index (χ0v) is 11.2. The third-order valence-corrected chi connectivity index (χ3v) is 4.00. The van der Waals surface area contributed by atoms with Crippen molar-refractivity contribution in [2.45, 2.75) is 44.3 Å². The van der Waals surface area contributed by atoms with Gasteiger partial charge in [0.2, 0.25) is 0 Å². The predicted octanol–water partition coefficient (Wildman–Crippen LogP) is 2.59. The molecule has 0 radical (unpaired) electrons. The first-order valence-corrected chi connectivity index (χ1v) is 7.15. The van der Waals surface area contributed by atoms with Crippen LogP contribution in [0.4, 0.5) is 0 Å². The topological polar surface area (TPSA) is 50.9 Å². The van der Waals surface area contributed by atoms with Crippen molar-refractivity contribution in [1.82, 2.24) is 10.3 Å². The highest BCUT2D eigenvalue weighted by molar-refractivity contribution is 5.78. The maximum Gasteiger partial charge on any atom is 0.0705 e. The SMILES string of the molecule is NC1CCC(NCc2ccc3ccccc3n2)CC1. The zero-order chi connectivity index (χ0) is 13.1. The van der Waals surface area contributed by atoms with Crippen LogP contribution in [-0.2, 0) is 6.54 Å². The number of nitrogens with one attached hydrogen (secondary N) is 1. The minimum Gasteiger partial charge on any atom is -0.328 e. The molecule has 0 amide bonds. The van der Waals surface area contributed by atoms with Crippen LogP contribution in [-0.4, -0.2) is 17.1 Å². The lowest BCUT2D eigenvalue weighted by molar-refractivity contribution is 0.341. The molecule has 0 saturated heterocycles. The van der Waals surface area contributed by atoms with Crippen molar-refractivity contribution in [3.63, 3.8) is 0 Å². The van der Waals surface area contributed by atoms with E-state index in [0.717, 1.165) is 30.6 Å². The Kier molecular flexibility index (Phi) is 3.76. The third-order valence-electron chi connectivity index (χ3n) is 4.00. The van der Waals surface area contributed by atoms with Crippen molar-refractivity contribution in [1.29, 1.82) is 0 Å². The van der Waals surface area contributed by atoms with E-state index >= 15 is 0 Å². The maximum atomic E-state index is 5.93. The number of pyridine rings is 1. The Hall–Kier alpha value is -1.45. The van der Waals surface area contributed by atoms with Crippen molar-refractivity contribution >= 4 is 10.9 Å². The summed E-state index contributed by atoms with van der Waals surface area (Å²) in [4.78, 5) is 4.69. The second kappa shape index (κ2) is 5.68. The molecule has 2 aromatic rings. The van der Waals surface area contributed by atoms with Crippen LogP contribution in [0.3, 0.4) is 0 Å². The van der Waals surface area contributed by atoms with Crippen molar-refractivity contribution < 1.29 is 0 Å². The van der Waals surface area contributed by atoms with Crippen molar-refractivity contribution in [3.8, 4) is 0 Å². The minimum absolute atomic E-state index is 0.414. The van der Waals surface area contributed by atoms with E-state index in [-0.39, 0.29) is 0 Å². The number of rotatable bonds is 3. The summed E-state index contributed by atoms with van der Waals surface area (Å²) in [7, 11) is 0. The second-order valence-electron chi connectivity index (χ2n) is 5.49. The summed E-state index contributed by atoms with van der Waals surface area (Å²) in [6.45, 7) is 0.852. The lowest BCUT2D eigenvalue weighted by Crippen LogP contribution is -2.37. The number of benzene rings is 1. The van der Waals surface area contributed by atoms with Crippen molar-refractivity contribution in [2.75, 3.05) is 0 Å². The van der Waals surface area contributed by atoms with Gasteiger partial charge in [-0.3, -0.25) is 4.98 Å². The van der Waals surface area contributed by atoms with Crippen LogP contribution in [0, 0.1) is 0 Å². The van der Waals surface area contributed by atoms with Crippen LogP contribution in [0.2, 0.25) is 0 Å². The summed E-state index contributed by atoms with van der Waals surface area (Å²) in [5.41, 5.74) is 8.12. The van der Waals surface area contributed by atoms with Crippen molar-refractivity contribution in [2.24, 2.45) is 5.73 Å². The summed E-state index contributed by atoms with van der Waals surface area (Å²) in [6.07, 6.45) is 4.66. The first-order chi connectivity index (χ1) is 9.31. The molecule has 1 saturated carbocycles. The van der Waals surface area contributed by atoms with Gasteiger partial charge in [0.15, 0.2) is 0 Å². The Bertz CT molecular complexity index is 544. The Morgan fingerprint density at radius 1 is 1.05 bits per heavy atom. The predicted molar refractivity (Wildman–Crippen MR) is 78.8 cm³/mol. The van der Waals surface area contributed by atoms with Crippen LogP contribution in [0.15, 0.2) is 36.4 Å². The molecule has 3 rings (SSSR count). The average molecular weight is 255 g/mol. The molecule has 1 heterocycles. The summed E-state index contributed by atoms with van der Waals surface area (Å²) in [5, 5.41) is 4.81. The number of aromatic nitrogens is 1. The maximum absolute atomic E-state index is 5.93. The van der Waals surface area contributed by atoms with Crippen LogP contribution in [0.1, 0.15) is 31.4 Å². The highest BCUT2D eigenvalue weighted by Gasteiger charge is 2.17. The molecule has 3 N–H and O–H groups in total. The number of fused-ring (bicyclic) bond motifs is 1. The van der Waals surface area contributed by atoms with E-state index in [0.29, 0.717) is 12.1 Å². The van der Waals surface area contributed by atoms with E-state index in [1.807, 2.05) is 12.1 Å².